The Morgan fingerprint density at radius 1 is 1.19 bits per heavy atom. The van der Waals surface area contributed by atoms with E-state index in [-0.39, 0.29) is 5.91 Å². The average Bonchev–Trinajstić information content (AvgIpc) is 2.69. The SMILES string of the molecule is NC1C(=O)N(Cc2ccc(Cl)c(Cl)c2)c2cccc(Br)c21. The van der Waals surface area contributed by atoms with Gasteiger partial charge in [-0.25, -0.2) is 0 Å². The third-order valence-corrected chi connectivity index (χ3v) is 4.92. The van der Waals surface area contributed by atoms with Crippen LogP contribution in [0.5, 0.6) is 0 Å². The maximum atomic E-state index is 12.4. The van der Waals surface area contributed by atoms with Gasteiger partial charge in [0.25, 0.3) is 0 Å². The number of fused-ring (bicyclic) bond motifs is 1. The predicted octanol–water partition coefficient (Wildman–Crippen LogP) is 4.30. The molecule has 1 unspecified atom stereocenters. The molecule has 1 amide bonds. The van der Waals surface area contributed by atoms with Crippen LogP contribution in [0.1, 0.15) is 17.2 Å². The number of carbonyl (C=O) groups excluding carboxylic acids is 1. The van der Waals surface area contributed by atoms with Gasteiger partial charge in [-0.05, 0) is 29.8 Å². The number of anilines is 1. The van der Waals surface area contributed by atoms with Crippen LogP contribution in [0.15, 0.2) is 40.9 Å². The normalized spacial score (nSPS) is 17.2. The van der Waals surface area contributed by atoms with E-state index in [0.717, 1.165) is 21.3 Å². The minimum atomic E-state index is -0.640. The third-order valence-electron chi connectivity index (χ3n) is 3.49. The maximum absolute atomic E-state index is 12.4. The summed E-state index contributed by atoms with van der Waals surface area (Å²) < 4.78 is 0.845. The van der Waals surface area contributed by atoms with Crippen molar-refractivity contribution in [2.24, 2.45) is 5.73 Å². The fourth-order valence-electron chi connectivity index (χ4n) is 2.46. The molecule has 108 valence electrons. The largest absolute Gasteiger partial charge is 0.316 e. The van der Waals surface area contributed by atoms with Gasteiger partial charge in [-0.1, -0.05) is 51.3 Å². The lowest BCUT2D eigenvalue weighted by Gasteiger charge is -2.18. The molecule has 0 saturated heterocycles. The van der Waals surface area contributed by atoms with E-state index in [4.69, 9.17) is 28.9 Å². The van der Waals surface area contributed by atoms with Crippen molar-refractivity contribution in [1.29, 1.82) is 0 Å². The molecule has 21 heavy (non-hydrogen) atoms. The molecule has 0 aromatic heterocycles. The lowest BCUT2D eigenvalue weighted by atomic mass is 10.1. The summed E-state index contributed by atoms with van der Waals surface area (Å²) in [4.78, 5) is 14.1. The molecular weight excluding hydrogens is 375 g/mol. The summed E-state index contributed by atoms with van der Waals surface area (Å²) in [5, 5.41) is 0.965. The third kappa shape index (κ3) is 2.57. The number of nitrogens with two attached hydrogens (primary N) is 1. The summed E-state index contributed by atoms with van der Waals surface area (Å²) in [6.07, 6.45) is 0. The molecule has 1 atom stereocenters. The van der Waals surface area contributed by atoms with Crippen LogP contribution in [0.4, 0.5) is 5.69 Å². The van der Waals surface area contributed by atoms with Gasteiger partial charge < -0.3 is 10.6 Å². The minimum absolute atomic E-state index is 0.122. The van der Waals surface area contributed by atoms with Gasteiger partial charge in [0.05, 0.1) is 22.3 Å². The van der Waals surface area contributed by atoms with Crippen LogP contribution in [-0.2, 0) is 11.3 Å². The molecule has 0 spiro atoms. The van der Waals surface area contributed by atoms with Gasteiger partial charge in [-0.2, -0.15) is 0 Å². The van der Waals surface area contributed by atoms with Crippen molar-refractivity contribution >= 4 is 50.7 Å². The van der Waals surface area contributed by atoms with Gasteiger partial charge in [-0.3, -0.25) is 4.79 Å². The van der Waals surface area contributed by atoms with Crippen LogP contribution in [0.3, 0.4) is 0 Å². The minimum Gasteiger partial charge on any atom is -0.316 e. The number of carbonyl (C=O) groups is 1. The summed E-state index contributed by atoms with van der Waals surface area (Å²) in [5.74, 6) is -0.122. The predicted molar refractivity (Wildman–Crippen MR) is 88.7 cm³/mol. The zero-order valence-electron chi connectivity index (χ0n) is 10.8. The molecule has 2 N–H and O–H groups in total. The molecule has 6 heteroatoms. The Balaban J connectivity index is 1.98. The monoisotopic (exact) mass is 384 g/mol. The van der Waals surface area contributed by atoms with E-state index in [1.807, 2.05) is 24.3 Å². The standard InChI is InChI=1S/C15H11BrCl2N2O/c16-9-2-1-3-12-13(9)14(19)15(21)20(12)7-8-4-5-10(17)11(18)6-8/h1-6,14H,7,19H2. The molecule has 0 saturated carbocycles. The molecule has 0 bridgehead atoms. The van der Waals surface area contributed by atoms with Crippen molar-refractivity contribution in [1.82, 2.24) is 0 Å². The van der Waals surface area contributed by atoms with Gasteiger partial charge in [0, 0.05) is 10.0 Å². The van der Waals surface area contributed by atoms with Crippen molar-refractivity contribution < 1.29 is 4.79 Å². The zero-order valence-corrected chi connectivity index (χ0v) is 13.9. The maximum Gasteiger partial charge on any atom is 0.248 e. The van der Waals surface area contributed by atoms with Crippen LogP contribution in [0.2, 0.25) is 10.0 Å². The summed E-state index contributed by atoms with van der Waals surface area (Å²) in [6.45, 7) is 0.410. The molecule has 1 aliphatic rings. The second kappa shape index (κ2) is 5.61. The van der Waals surface area contributed by atoms with E-state index in [0.29, 0.717) is 16.6 Å². The fourth-order valence-corrected chi connectivity index (χ4v) is 3.39. The second-order valence-corrected chi connectivity index (χ2v) is 6.49. The van der Waals surface area contributed by atoms with Crippen LogP contribution >= 0.6 is 39.1 Å². The molecule has 3 nitrogen and oxygen atoms in total. The van der Waals surface area contributed by atoms with Gasteiger partial charge in [0.15, 0.2) is 0 Å². The van der Waals surface area contributed by atoms with Gasteiger partial charge in [0.2, 0.25) is 5.91 Å². The molecule has 0 radical (unpaired) electrons. The fraction of sp³-hybridized carbons (Fsp3) is 0.133. The van der Waals surface area contributed by atoms with Crippen molar-refractivity contribution in [3.05, 3.63) is 62.0 Å². The Morgan fingerprint density at radius 2 is 1.95 bits per heavy atom. The second-order valence-electron chi connectivity index (χ2n) is 4.82. The number of nitrogens with zero attached hydrogens (tertiary/aromatic N) is 1. The first-order valence-corrected chi connectivity index (χ1v) is 7.83. The molecule has 0 aliphatic carbocycles. The van der Waals surface area contributed by atoms with Gasteiger partial charge >= 0.3 is 0 Å². The number of hydrogen-bond acceptors (Lipinski definition) is 2. The number of amides is 1. The Labute approximate surface area is 140 Å². The van der Waals surface area contributed by atoms with E-state index in [2.05, 4.69) is 15.9 Å². The lowest BCUT2D eigenvalue weighted by molar-refractivity contribution is -0.119. The molecule has 2 aromatic carbocycles. The Kier molecular flexibility index (Phi) is 3.97. The summed E-state index contributed by atoms with van der Waals surface area (Å²) in [5.41, 5.74) is 8.57. The Morgan fingerprint density at radius 3 is 2.67 bits per heavy atom. The number of benzene rings is 2. The highest BCUT2D eigenvalue weighted by Gasteiger charge is 2.36. The van der Waals surface area contributed by atoms with E-state index in [1.165, 1.54) is 0 Å². The highest BCUT2D eigenvalue weighted by molar-refractivity contribution is 9.10. The first-order chi connectivity index (χ1) is 9.99. The quantitative estimate of drug-likeness (QED) is 0.837. The van der Waals surface area contributed by atoms with Crippen LogP contribution in [-0.4, -0.2) is 5.91 Å². The summed E-state index contributed by atoms with van der Waals surface area (Å²) >= 11 is 15.4. The van der Waals surface area contributed by atoms with Crippen molar-refractivity contribution in [3.63, 3.8) is 0 Å². The average molecular weight is 386 g/mol. The highest BCUT2D eigenvalue weighted by Crippen LogP contribution is 2.40. The van der Waals surface area contributed by atoms with Crippen LogP contribution < -0.4 is 10.6 Å². The van der Waals surface area contributed by atoms with E-state index in [9.17, 15) is 4.79 Å². The topological polar surface area (TPSA) is 46.3 Å². The van der Waals surface area contributed by atoms with Crippen molar-refractivity contribution in [2.45, 2.75) is 12.6 Å². The smallest absolute Gasteiger partial charge is 0.248 e. The van der Waals surface area contributed by atoms with Gasteiger partial charge in [0.1, 0.15) is 6.04 Å². The number of hydrogen-bond donors (Lipinski definition) is 1. The van der Waals surface area contributed by atoms with Crippen molar-refractivity contribution in [2.75, 3.05) is 4.90 Å². The molecule has 0 fully saturated rings. The van der Waals surface area contributed by atoms with Crippen molar-refractivity contribution in [3.8, 4) is 0 Å². The number of rotatable bonds is 2. The first kappa shape index (κ1) is 14.9. The molecule has 1 heterocycles. The van der Waals surface area contributed by atoms with Crippen LogP contribution in [0, 0.1) is 0 Å². The summed E-state index contributed by atoms with van der Waals surface area (Å²) in [7, 11) is 0. The van der Waals surface area contributed by atoms with E-state index >= 15 is 0 Å². The first-order valence-electron chi connectivity index (χ1n) is 6.28. The molecule has 1 aliphatic heterocycles. The molecule has 2 aromatic rings. The van der Waals surface area contributed by atoms with E-state index < -0.39 is 6.04 Å². The highest BCUT2D eigenvalue weighted by atomic mass is 79.9. The molecule has 3 rings (SSSR count). The lowest BCUT2D eigenvalue weighted by Crippen LogP contribution is -2.31. The van der Waals surface area contributed by atoms with Gasteiger partial charge in [-0.15, -0.1) is 0 Å². The number of halogens is 3. The Hall–Kier alpha value is -1.07. The van der Waals surface area contributed by atoms with E-state index in [1.54, 1.807) is 17.0 Å². The zero-order chi connectivity index (χ0) is 15.1. The Bertz CT molecular complexity index is 736. The summed E-state index contributed by atoms with van der Waals surface area (Å²) in [6, 6.07) is 10.4. The van der Waals surface area contributed by atoms with Crippen LogP contribution in [0.25, 0.3) is 0 Å². The molecular formula is C15H11BrCl2N2O.